The number of aromatic nitrogens is 3. The van der Waals surface area contributed by atoms with E-state index < -0.39 is 0 Å². The zero-order valence-electron chi connectivity index (χ0n) is 17.0. The first-order chi connectivity index (χ1) is 15.2. The molecule has 0 saturated heterocycles. The summed E-state index contributed by atoms with van der Waals surface area (Å²) in [7, 11) is 0. The molecule has 3 heterocycles. The smallest absolute Gasteiger partial charge is 0.255 e. The van der Waals surface area contributed by atoms with Crippen LogP contribution < -0.4 is 10.1 Å². The van der Waals surface area contributed by atoms with Crippen molar-refractivity contribution < 1.29 is 9.53 Å². The molecule has 2 aromatic carbocycles. The number of imidazole rings is 1. The topological polar surface area (TPSA) is 69.0 Å². The second-order valence-corrected chi connectivity index (χ2v) is 8.24. The lowest BCUT2D eigenvalue weighted by Crippen LogP contribution is -2.12. The number of hydrogen-bond donors (Lipinski definition) is 1. The summed E-state index contributed by atoms with van der Waals surface area (Å²) < 4.78 is 8.00. The summed E-state index contributed by atoms with van der Waals surface area (Å²) in [6.45, 7) is 1.41. The molecule has 1 aliphatic rings. The van der Waals surface area contributed by atoms with Gasteiger partial charge in [0, 0.05) is 41.4 Å². The van der Waals surface area contributed by atoms with Gasteiger partial charge >= 0.3 is 0 Å². The highest BCUT2D eigenvalue weighted by atomic mass is 32.1. The Morgan fingerprint density at radius 3 is 2.97 bits per heavy atom. The predicted octanol–water partition coefficient (Wildman–Crippen LogP) is 5.17. The molecule has 0 aliphatic carbocycles. The molecule has 4 aromatic rings. The van der Waals surface area contributed by atoms with Gasteiger partial charge in [0.05, 0.1) is 16.9 Å². The van der Waals surface area contributed by atoms with Gasteiger partial charge in [-0.1, -0.05) is 18.2 Å². The maximum Gasteiger partial charge on any atom is 0.255 e. The minimum absolute atomic E-state index is 0.180. The SMILES string of the molecule is O=C(Nc1cccc(-c2cn3c(n2)CCCC3)c1)c1cccc(OCc2cscn2)c1. The van der Waals surface area contributed by atoms with Crippen molar-refractivity contribution in [1.82, 2.24) is 14.5 Å². The van der Waals surface area contributed by atoms with Crippen molar-refractivity contribution in [2.75, 3.05) is 5.32 Å². The summed E-state index contributed by atoms with van der Waals surface area (Å²) in [4.78, 5) is 21.8. The van der Waals surface area contributed by atoms with Crippen molar-refractivity contribution >= 4 is 22.9 Å². The highest BCUT2D eigenvalue weighted by Gasteiger charge is 2.14. The lowest BCUT2D eigenvalue weighted by molar-refractivity contribution is 0.102. The summed E-state index contributed by atoms with van der Waals surface area (Å²) in [5.41, 5.74) is 5.87. The molecule has 2 aromatic heterocycles. The highest BCUT2D eigenvalue weighted by Crippen LogP contribution is 2.25. The Morgan fingerprint density at radius 2 is 2.10 bits per heavy atom. The Kier molecular flexibility index (Phi) is 5.50. The zero-order chi connectivity index (χ0) is 21.0. The first kappa shape index (κ1) is 19.5. The number of rotatable bonds is 6. The number of anilines is 1. The number of benzene rings is 2. The Balaban J connectivity index is 1.29. The van der Waals surface area contributed by atoms with Crippen LogP contribution in [-0.4, -0.2) is 20.4 Å². The Hall–Kier alpha value is -3.45. The van der Waals surface area contributed by atoms with Gasteiger partial charge < -0.3 is 14.6 Å². The van der Waals surface area contributed by atoms with Gasteiger partial charge in [0.25, 0.3) is 5.91 Å². The first-order valence-corrected chi connectivity index (χ1v) is 11.3. The summed E-state index contributed by atoms with van der Waals surface area (Å²) in [5, 5.41) is 4.93. The second kappa shape index (κ2) is 8.73. The fourth-order valence-electron chi connectivity index (χ4n) is 3.70. The molecule has 7 heteroatoms. The molecule has 5 rings (SSSR count). The number of ether oxygens (including phenoxy) is 1. The molecule has 1 N–H and O–H groups in total. The van der Waals surface area contributed by atoms with Crippen molar-refractivity contribution in [3.05, 3.63) is 82.7 Å². The summed E-state index contributed by atoms with van der Waals surface area (Å²) in [6, 6.07) is 15.0. The van der Waals surface area contributed by atoms with E-state index in [1.165, 1.54) is 24.2 Å². The van der Waals surface area contributed by atoms with E-state index in [0.717, 1.165) is 41.4 Å². The van der Waals surface area contributed by atoms with Crippen LogP contribution in [0, 0.1) is 0 Å². The normalized spacial score (nSPS) is 12.9. The number of amides is 1. The van der Waals surface area contributed by atoms with Crippen LogP contribution in [0.3, 0.4) is 0 Å². The van der Waals surface area contributed by atoms with E-state index in [2.05, 4.69) is 21.1 Å². The maximum absolute atomic E-state index is 12.8. The van der Waals surface area contributed by atoms with E-state index >= 15 is 0 Å². The van der Waals surface area contributed by atoms with Crippen molar-refractivity contribution in [1.29, 1.82) is 0 Å². The maximum atomic E-state index is 12.8. The van der Waals surface area contributed by atoms with Crippen molar-refractivity contribution in [2.24, 2.45) is 0 Å². The summed E-state index contributed by atoms with van der Waals surface area (Å²) >= 11 is 1.53. The van der Waals surface area contributed by atoms with Gasteiger partial charge in [-0.05, 0) is 43.2 Å². The van der Waals surface area contributed by atoms with Crippen LogP contribution in [0.25, 0.3) is 11.3 Å². The molecule has 0 radical (unpaired) electrons. The molecule has 0 saturated carbocycles. The van der Waals surface area contributed by atoms with Gasteiger partial charge in [0.1, 0.15) is 18.2 Å². The van der Waals surface area contributed by atoms with Crippen LogP contribution in [0.2, 0.25) is 0 Å². The number of nitrogens with one attached hydrogen (secondary N) is 1. The van der Waals surface area contributed by atoms with Crippen molar-refractivity contribution in [3.8, 4) is 17.0 Å². The molecule has 31 heavy (non-hydrogen) atoms. The van der Waals surface area contributed by atoms with Crippen LogP contribution in [0.5, 0.6) is 5.75 Å². The number of fused-ring (bicyclic) bond motifs is 1. The van der Waals surface area contributed by atoms with Gasteiger partial charge in [-0.2, -0.15) is 0 Å². The predicted molar refractivity (Wildman–Crippen MR) is 121 cm³/mol. The monoisotopic (exact) mass is 430 g/mol. The van der Waals surface area contributed by atoms with E-state index in [0.29, 0.717) is 17.9 Å². The fraction of sp³-hybridized carbons (Fsp3) is 0.208. The molecule has 0 spiro atoms. The molecule has 0 fully saturated rings. The second-order valence-electron chi connectivity index (χ2n) is 7.52. The van der Waals surface area contributed by atoms with Crippen LogP contribution in [0.4, 0.5) is 5.69 Å². The minimum atomic E-state index is -0.180. The molecule has 1 aliphatic heterocycles. The van der Waals surface area contributed by atoms with E-state index in [1.807, 2.05) is 41.8 Å². The fourth-order valence-corrected chi connectivity index (χ4v) is 4.25. The van der Waals surface area contributed by atoms with Crippen LogP contribution in [-0.2, 0) is 19.6 Å². The average Bonchev–Trinajstić information content (AvgIpc) is 3.48. The van der Waals surface area contributed by atoms with E-state index in [1.54, 1.807) is 17.6 Å². The lowest BCUT2D eigenvalue weighted by atomic mass is 10.1. The quantitative estimate of drug-likeness (QED) is 0.458. The standard InChI is InChI=1S/C24H22N4O2S/c29-24(18-6-4-8-21(12-18)30-14-20-15-31-16-25-20)26-19-7-3-5-17(11-19)22-13-28-10-2-1-9-23(28)27-22/h3-8,11-13,15-16H,1-2,9-10,14H2,(H,26,29). The van der Waals surface area contributed by atoms with Crippen LogP contribution in [0.15, 0.2) is 65.6 Å². The van der Waals surface area contributed by atoms with Gasteiger partial charge in [-0.3, -0.25) is 4.79 Å². The minimum Gasteiger partial charge on any atom is -0.487 e. The van der Waals surface area contributed by atoms with E-state index in [4.69, 9.17) is 9.72 Å². The molecule has 0 unspecified atom stereocenters. The molecular formula is C24H22N4O2S. The van der Waals surface area contributed by atoms with E-state index in [9.17, 15) is 4.79 Å². The largest absolute Gasteiger partial charge is 0.487 e. The molecule has 6 nitrogen and oxygen atoms in total. The van der Waals surface area contributed by atoms with Gasteiger partial charge in [0.15, 0.2) is 0 Å². The number of thiazole rings is 1. The average molecular weight is 431 g/mol. The van der Waals surface area contributed by atoms with Gasteiger partial charge in [-0.25, -0.2) is 9.97 Å². The van der Waals surface area contributed by atoms with Crippen molar-refractivity contribution in [2.45, 2.75) is 32.4 Å². The van der Waals surface area contributed by atoms with E-state index in [-0.39, 0.29) is 5.91 Å². The third-order valence-corrected chi connectivity index (χ3v) is 5.93. The van der Waals surface area contributed by atoms with Gasteiger partial charge in [0.2, 0.25) is 0 Å². The third-order valence-electron chi connectivity index (χ3n) is 5.29. The zero-order valence-corrected chi connectivity index (χ0v) is 17.8. The molecular weight excluding hydrogens is 408 g/mol. The first-order valence-electron chi connectivity index (χ1n) is 10.3. The Morgan fingerprint density at radius 1 is 1.16 bits per heavy atom. The Bertz CT molecular complexity index is 1180. The Labute approximate surface area is 184 Å². The van der Waals surface area contributed by atoms with Gasteiger partial charge in [-0.15, -0.1) is 11.3 Å². The number of carbonyl (C=O) groups is 1. The highest BCUT2D eigenvalue weighted by molar-refractivity contribution is 7.07. The molecule has 0 atom stereocenters. The third kappa shape index (κ3) is 4.51. The van der Waals surface area contributed by atoms with Crippen LogP contribution in [0.1, 0.15) is 34.7 Å². The summed E-state index contributed by atoms with van der Waals surface area (Å²) in [6.07, 6.45) is 5.53. The lowest BCUT2D eigenvalue weighted by Gasteiger charge is -2.11. The van der Waals surface area contributed by atoms with Crippen LogP contribution >= 0.6 is 11.3 Å². The summed E-state index contributed by atoms with van der Waals surface area (Å²) in [5.74, 6) is 1.60. The number of aryl methyl sites for hydroxylation is 2. The molecule has 0 bridgehead atoms. The number of carbonyl (C=O) groups excluding carboxylic acids is 1. The number of hydrogen-bond acceptors (Lipinski definition) is 5. The molecule has 156 valence electrons. The molecule has 1 amide bonds. The number of nitrogens with zero attached hydrogens (tertiary/aromatic N) is 3. The van der Waals surface area contributed by atoms with Crippen molar-refractivity contribution in [3.63, 3.8) is 0 Å².